The van der Waals surface area contributed by atoms with Crippen LogP contribution in [0.15, 0.2) is 24.3 Å². The van der Waals surface area contributed by atoms with E-state index in [9.17, 15) is 9.18 Å². The second-order valence-corrected chi connectivity index (χ2v) is 5.77. The van der Waals surface area contributed by atoms with Crippen molar-refractivity contribution < 1.29 is 13.9 Å². The van der Waals surface area contributed by atoms with Crippen LogP contribution in [0, 0.1) is 11.2 Å². The molecule has 1 aromatic carbocycles. The van der Waals surface area contributed by atoms with Crippen LogP contribution in [-0.2, 0) is 9.53 Å². The minimum Gasteiger partial charge on any atom is -0.467 e. The zero-order chi connectivity index (χ0) is 14.1. The minimum atomic E-state index is -0.782. The number of hydrogen-bond acceptors (Lipinski definition) is 3. The molecule has 1 aliphatic carbocycles. The van der Waals surface area contributed by atoms with Crippen LogP contribution < -0.4 is 5.32 Å². The smallest absolute Gasteiger partial charge is 0.332 e. The second kappa shape index (κ2) is 4.83. The summed E-state index contributed by atoms with van der Waals surface area (Å²) in [6.07, 6.45) is 2.58. The SMILES string of the molecule is COC(=O)C1(Nc2cccc(F)c2)CCCC1(C)C. The lowest BCUT2D eigenvalue weighted by Crippen LogP contribution is -2.54. The third kappa shape index (κ3) is 2.31. The van der Waals surface area contributed by atoms with Gasteiger partial charge in [-0.05, 0) is 42.9 Å². The van der Waals surface area contributed by atoms with E-state index in [4.69, 9.17) is 4.74 Å². The Kier molecular flexibility index (Phi) is 3.52. The predicted molar refractivity (Wildman–Crippen MR) is 72.4 cm³/mol. The Bertz CT molecular complexity index is 487. The molecule has 1 atom stereocenters. The summed E-state index contributed by atoms with van der Waals surface area (Å²) in [5.74, 6) is -0.597. The molecular weight excluding hydrogens is 245 g/mol. The number of anilines is 1. The number of hydrogen-bond donors (Lipinski definition) is 1. The van der Waals surface area contributed by atoms with Gasteiger partial charge in [-0.2, -0.15) is 0 Å². The van der Waals surface area contributed by atoms with E-state index in [1.807, 2.05) is 13.8 Å². The maximum absolute atomic E-state index is 13.3. The molecule has 0 radical (unpaired) electrons. The van der Waals surface area contributed by atoms with Gasteiger partial charge in [-0.3, -0.25) is 0 Å². The third-order valence-corrected chi connectivity index (χ3v) is 4.23. The van der Waals surface area contributed by atoms with E-state index >= 15 is 0 Å². The molecule has 1 fully saturated rings. The Hall–Kier alpha value is -1.58. The van der Waals surface area contributed by atoms with Gasteiger partial charge in [-0.1, -0.05) is 19.9 Å². The first-order chi connectivity index (χ1) is 8.91. The number of carbonyl (C=O) groups is 1. The monoisotopic (exact) mass is 265 g/mol. The molecule has 1 aromatic rings. The highest BCUT2D eigenvalue weighted by molar-refractivity contribution is 5.86. The molecule has 0 bridgehead atoms. The van der Waals surface area contributed by atoms with Crippen molar-refractivity contribution in [2.45, 2.75) is 38.6 Å². The topological polar surface area (TPSA) is 38.3 Å². The molecule has 2 rings (SSSR count). The summed E-state index contributed by atoms with van der Waals surface area (Å²) in [5, 5.41) is 3.22. The average molecular weight is 265 g/mol. The number of halogens is 1. The van der Waals surface area contributed by atoms with Gasteiger partial charge in [0, 0.05) is 5.69 Å². The Morgan fingerprint density at radius 2 is 2.11 bits per heavy atom. The summed E-state index contributed by atoms with van der Waals surface area (Å²) in [5.41, 5.74) is -0.400. The van der Waals surface area contributed by atoms with Gasteiger partial charge in [-0.25, -0.2) is 9.18 Å². The van der Waals surface area contributed by atoms with Crippen LogP contribution >= 0.6 is 0 Å². The summed E-state index contributed by atoms with van der Waals surface area (Å²) in [6, 6.07) is 6.18. The number of ether oxygens (including phenoxy) is 1. The number of rotatable bonds is 3. The predicted octanol–water partition coefficient (Wildman–Crippen LogP) is 3.36. The highest BCUT2D eigenvalue weighted by atomic mass is 19.1. The average Bonchev–Trinajstić information content (AvgIpc) is 2.65. The molecule has 0 heterocycles. The van der Waals surface area contributed by atoms with Crippen LogP contribution in [0.25, 0.3) is 0 Å². The van der Waals surface area contributed by atoms with Crippen molar-refractivity contribution in [3.63, 3.8) is 0 Å². The molecule has 1 unspecified atom stereocenters. The first kappa shape index (κ1) is 13.8. The van der Waals surface area contributed by atoms with Crippen LogP contribution in [0.4, 0.5) is 10.1 Å². The number of benzene rings is 1. The van der Waals surface area contributed by atoms with E-state index in [1.165, 1.54) is 19.2 Å². The van der Waals surface area contributed by atoms with Crippen molar-refractivity contribution in [3.05, 3.63) is 30.1 Å². The largest absolute Gasteiger partial charge is 0.467 e. The summed E-state index contributed by atoms with van der Waals surface area (Å²) in [6.45, 7) is 4.09. The maximum atomic E-state index is 13.3. The third-order valence-electron chi connectivity index (χ3n) is 4.23. The molecule has 0 saturated heterocycles. The van der Waals surface area contributed by atoms with Gasteiger partial charge in [-0.15, -0.1) is 0 Å². The first-order valence-electron chi connectivity index (χ1n) is 6.53. The zero-order valence-electron chi connectivity index (χ0n) is 11.6. The fourth-order valence-corrected chi connectivity index (χ4v) is 3.00. The Balaban J connectivity index is 2.37. The van der Waals surface area contributed by atoms with E-state index in [1.54, 1.807) is 12.1 Å². The zero-order valence-corrected chi connectivity index (χ0v) is 11.6. The highest BCUT2D eigenvalue weighted by Crippen LogP contribution is 2.48. The van der Waals surface area contributed by atoms with Gasteiger partial charge >= 0.3 is 5.97 Å². The quantitative estimate of drug-likeness (QED) is 0.852. The van der Waals surface area contributed by atoms with Gasteiger partial charge < -0.3 is 10.1 Å². The number of methoxy groups -OCH3 is 1. The lowest BCUT2D eigenvalue weighted by Gasteiger charge is -2.40. The summed E-state index contributed by atoms with van der Waals surface area (Å²) < 4.78 is 18.3. The van der Waals surface area contributed by atoms with Crippen LogP contribution in [0.5, 0.6) is 0 Å². The normalized spacial score (nSPS) is 25.1. The van der Waals surface area contributed by atoms with E-state index < -0.39 is 5.54 Å². The maximum Gasteiger partial charge on any atom is 0.332 e. The lowest BCUT2D eigenvalue weighted by molar-refractivity contribution is -0.149. The van der Waals surface area contributed by atoms with Gasteiger partial charge in [0.2, 0.25) is 0 Å². The Morgan fingerprint density at radius 1 is 1.37 bits per heavy atom. The molecule has 1 N–H and O–H groups in total. The van der Waals surface area contributed by atoms with Crippen molar-refractivity contribution in [3.8, 4) is 0 Å². The molecular formula is C15H20FNO2. The van der Waals surface area contributed by atoms with E-state index in [-0.39, 0.29) is 17.2 Å². The van der Waals surface area contributed by atoms with Crippen LogP contribution in [0.2, 0.25) is 0 Å². The highest BCUT2D eigenvalue weighted by Gasteiger charge is 2.55. The van der Waals surface area contributed by atoms with Gasteiger partial charge in [0.25, 0.3) is 0 Å². The lowest BCUT2D eigenvalue weighted by atomic mass is 9.74. The number of carbonyl (C=O) groups excluding carboxylic acids is 1. The molecule has 0 aliphatic heterocycles. The molecule has 3 nitrogen and oxygen atoms in total. The molecule has 4 heteroatoms. The summed E-state index contributed by atoms with van der Waals surface area (Å²) in [4.78, 5) is 12.3. The van der Waals surface area contributed by atoms with E-state index in [0.29, 0.717) is 12.1 Å². The molecule has 0 amide bonds. The van der Waals surface area contributed by atoms with Gasteiger partial charge in [0.15, 0.2) is 0 Å². The Morgan fingerprint density at radius 3 is 2.63 bits per heavy atom. The van der Waals surface area contributed by atoms with Crippen molar-refractivity contribution in [2.75, 3.05) is 12.4 Å². The van der Waals surface area contributed by atoms with Crippen molar-refractivity contribution in [1.82, 2.24) is 0 Å². The molecule has 0 aromatic heterocycles. The first-order valence-corrected chi connectivity index (χ1v) is 6.53. The van der Waals surface area contributed by atoms with E-state index in [2.05, 4.69) is 5.32 Å². The van der Waals surface area contributed by atoms with Gasteiger partial charge in [0.05, 0.1) is 7.11 Å². The number of esters is 1. The van der Waals surface area contributed by atoms with Crippen molar-refractivity contribution in [1.29, 1.82) is 0 Å². The van der Waals surface area contributed by atoms with Crippen LogP contribution in [-0.4, -0.2) is 18.6 Å². The molecule has 19 heavy (non-hydrogen) atoms. The van der Waals surface area contributed by atoms with Gasteiger partial charge in [0.1, 0.15) is 11.4 Å². The fourth-order valence-electron chi connectivity index (χ4n) is 3.00. The van der Waals surface area contributed by atoms with E-state index in [0.717, 1.165) is 12.8 Å². The molecule has 104 valence electrons. The standard InChI is InChI=1S/C15H20FNO2/c1-14(2)8-5-9-15(14,13(18)19-3)17-12-7-4-6-11(16)10-12/h4,6-7,10,17H,5,8-9H2,1-3H3. The summed E-state index contributed by atoms with van der Waals surface area (Å²) >= 11 is 0. The molecule has 1 saturated carbocycles. The second-order valence-electron chi connectivity index (χ2n) is 5.77. The minimum absolute atomic E-state index is 0.230. The molecule has 0 spiro atoms. The molecule has 1 aliphatic rings. The van der Waals surface area contributed by atoms with Crippen molar-refractivity contribution in [2.24, 2.45) is 5.41 Å². The number of nitrogens with one attached hydrogen (secondary N) is 1. The Labute approximate surface area is 113 Å². The van der Waals surface area contributed by atoms with Crippen LogP contribution in [0.3, 0.4) is 0 Å². The fraction of sp³-hybridized carbons (Fsp3) is 0.533. The van der Waals surface area contributed by atoms with Crippen molar-refractivity contribution >= 4 is 11.7 Å². The summed E-state index contributed by atoms with van der Waals surface area (Å²) in [7, 11) is 1.39. The van der Waals surface area contributed by atoms with Crippen LogP contribution in [0.1, 0.15) is 33.1 Å².